The zero-order valence-electron chi connectivity index (χ0n) is 12.9. The van der Waals surface area contributed by atoms with E-state index >= 15 is 0 Å². The van der Waals surface area contributed by atoms with Crippen LogP contribution in [0.25, 0.3) is 0 Å². The standard InChI is InChI=1S/C15H24N2O3S/c1-15(2)13-17(10-9-16(15)3)21(18,19)12-11-20-14-7-5-4-6-8-14/h4-8H,9-13H2,1-3H3. The van der Waals surface area contributed by atoms with Crippen molar-refractivity contribution in [2.75, 3.05) is 39.0 Å². The Labute approximate surface area is 127 Å². The number of likely N-dealkylation sites (N-methyl/N-ethyl adjacent to an activating group) is 1. The molecule has 0 atom stereocenters. The van der Waals surface area contributed by atoms with E-state index in [9.17, 15) is 8.42 Å². The summed E-state index contributed by atoms with van der Waals surface area (Å²) in [6.45, 7) is 6.14. The summed E-state index contributed by atoms with van der Waals surface area (Å²) in [5, 5.41) is 0. The van der Waals surface area contributed by atoms with Crippen molar-refractivity contribution in [2.24, 2.45) is 0 Å². The monoisotopic (exact) mass is 312 g/mol. The molecule has 1 aliphatic rings. The molecule has 1 aromatic rings. The van der Waals surface area contributed by atoms with Gasteiger partial charge in [-0.15, -0.1) is 0 Å². The van der Waals surface area contributed by atoms with Gasteiger partial charge in [0.05, 0.1) is 5.75 Å². The molecule has 0 aliphatic carbocycles. The van der Waals surface area contributed by atoms with Crippen molar-refractivity contribution in [3.8, 4) is 5.75 Å². The third-order valence-electron chi connectivity index (χ3n) is 4.03. The van der Waals surface area contributed by atoms with Gasteiger partial charge in [0.2, 0.25) is 10.0 Å². The molecule has 21 heavy (non-hydrogen) atoms. The average molecular weight is 312 g/mol. The minimum atomic E-state index is -3.27. The van der Waals surface area contributed by atoms with Crippen LogP contribution in [-0.4, -0.2) is 62.2 Å². The molecule has 0 unspecified atom stereocenters. The Morgan fingerprint density at radius 3 is 2.48 bits per heavy atom. The molecule has 0 radical (unpaired) electrons. The Kier molecular flexibility index (Phi) is 4.91. The molecular formula is C15H24N2O3S. The highest BCUT2D eigenvalue weighted by molar-refractivity contribution is 7.89. The SMILES string of the molecule is CN1CCN(S(=O)(=O)CCOc2ccccc2)CC1(C)C. The number of nitrogens with zero attached hydrogens (tertiary/aromatic N) is 2. The summed E-state index contributed by atoms with van der Waals surface area (Å²) >= 11 is 0. The smallest absolute Gasteiger partial charge is 0.217 e. The lowest BCUT2D eigenvalue weighted by atomic mass is 10.0. The third-order valence-corrected chi connectivity index (χ3v) is 5.81. The van der Waals surface area contributed by atoms with Crippen LogP contribution in [-0.2, 0) is 10.0 Å². The van der Waals surface area contributed by atoms with Gasteiger partial charge in [0, 0.05) is 25.2 Å². The summed E-state index contributed by atoms with van der Waals surface area (Å²) < 4.78 is 31.9. The van der Waals surface area contributed by atoms with Gasteiger partial charge in [0.25, 0.3) is 0 Å². The molecule has 0 saturated carbocycles. The quantitative estimate of drug-likeness (QED) is 0.825. The molecule has 0 aromatic heterocycles. The second kappa shape index (κ2) is 6.34. The minimum Gasteiger partial charge on any atom is -0.492 e. The molecule has 1 aromatic carbocycles. The van der Waals surface area contributed by atoms with E-state index in [1.54, 1.807) is 4.31 Å². The largest absolute Gasteiger partial charge is 0.492 e. The molecule has 0 N–H and O–H groups in total. The van der Waals surface area contributed by atoms with E-state index in [0.29, 0.717) is 18.8 Å². The number of hydrogen-bond acceptors (Lipinski definition) is 4. The van der Waals surface area contributed by atoms with Crippen LogP contribution in [0.1, 0.15) is 13.8 Å². The number of para-hydroxylation sites is 1. The van der Waals surface area contributed by atoms with E-state index in [2.05, 4.69) is 18.7 Å². The zero-order chi connectivity index (χ0) is 15.5. The first-order valence-corrected chi connectivity index (χ1v) is 8.79. The van der Waals surface area contributed by atoms with E-state index in [1.165, 1.54) is 0 Å². The molecular weight excluding hydrogens is 288 g/mol. The predicted octanol–water partition coefficient (Wildman–Crippen LogP) is 1.42. The number of benzene rings is 1. The minimum absolute atomic E-state index is 0.0156. The van der Waals surface area contributed by atoms with E-state index < -0.39 is 10.0 Å². The summed E-state index contributed by atoms with van der Waals surface area (Å²) in [5.41, 5.74) is -0.133. The number of piperazine rings is 1. The van der Waals surface area contributed by atoms with Crippen molar-refractivity contribution in [1.29, 1.82) is 0 Å². The first kappa shape index (κ1) is 16.3. The van der Waals surface area contributed by atoms with Crippen LogP contribution in [0.2, 0.25) is 0 Å². The summed E-state index contributed by atoms with van der Waals surface area (Å²) in [5.74, 6) is 0.716. The molecule has 1 saturated heterocycles. The van der Waals surface area contributed by atoms with Crippen LogP contribution in [0.15, 0.2) is 30.3 Å². The molecule has 0 bridgehead atoms. The van der Waals surface area contributed by atoms with Crippen LogP contribution in [0, 0.1) is 0 Å². The van der Waals surface area contributed by atoms with Crippen LogP contribution >= 0.6 is 0 Å². The van der Waals surface area contributed by atoms with Gasteiger partial charge in [0.15, 0.2) is 0 Å². The molecule has 118 valence electrons. The van der Waals surface area contributed by atoms with E-state index in [4.69, 9.17) is 4.74 Å². The molecule has 6 heteroatoms. The Morgan fingerprint density at radius 1 is 1.19 bits per heavy atom. The fourth-order valence-corrected chi connectivity index (χ4v) is 3.77. The van der Waals surface area contributed by atoms with E-state index in [0.717, 1.165) is 6.54 Å². The summed E-state index contributed by atoms with van der Waals surface area (Å²) in [7, 11) is -1.24. The normalized spacial score (nSPS) is 20.3. The predicted molar refractivity (Wildman–Crippen MR) is 84.0 cm³/mol. The molecule has 2 rings (SSSR count). The lowest BCUT2D eigenvalue weighted by Gasteiger charge is -2.44. The summed E-state index contributed by atoms with van der Waals surface area (Å²) in [6.07, 6.45) is 0. The Bertz CT molecular complexity index is 558. The van der Waals surface area contributed by atoms with Gasteiger partial charge in [0.1, 0.15) is 12.4 Å². The highest BCUT2D eigenvalue weighted by Crippen LogP contribution is 2.21. The van der Waals surface area contributed by atoms with Gasteiger partial charge >= 0.3 is 0 Å². The molecule has 0 amide bonds. The first-order valence-electron chi connectivity index (χ1n) is 7.18. The van der Waals surface area contributed by atoms with Crippen molar-refractivity contribution in [1.82, 2.24) is 9.21 Å². The first-order chi connectivity index (χ1) is 9.81. The van der Waals surface area contributed by atoms with Gasteiger partial charge in [-0.1, -0.05) is 18.2 Å². The maximum atomic E-state index is 12.4. The number of rotatable bonds is 5. The second-order valence-corrected chi connectivity index (χ2v) is 8.13. The molecule has 5 nitrogen and oxygen atoms in total. The molecule has 1 heterocycles. The van der Waals surface area contributed by atoms with Gasteiger partial charge in [-0.25, -0.2) is 8.42 Å². The molecule has 1 fully saturated rings. The van der Waals surface area contributed by atoms with Crippen LogP contribution in [0.4, 0.5) is 0 Å². The molecule has 1 aliphatic heterocycles. The maximum absolute atomic E-state index is 12.4. The Hall–Kier alpha value is -1.11. The zero-order valence-corrected chi connectivity index (χ0v) is 13.8. The van der Waals surface area contributed by atoms with Gasteiger partial charge in [-0.3, -0.25) is 4.90 Å². The fourth-order valence-electron chi connectivity index (χ4n) is 2.34. The second-order valence-electron chi connectivity index (χ2n) is 6.05. The average Bonchev–Trinajstić information content (AvgIpc) is 2.42. The van der Waals surface area contributed by atoms with Crippen molar-refractivity contribution in [2.45, 2.75) is 19.4 Å². The van der Waals surface area contributed by atoms with Gasteiger partial charge in [-0.2, -0.15) is 4.31 Å². The van der Waals surface area contributed by atoms with E-state index in [-0.39, 0.29) is 17.9 Å². The lowest BCUT2D eigenvalue weighted by molar-refractivity contribution is 0.0800. The van der Waals surface area contributed by atoms with Crippen molar-refractivity contribution >= 4 is 10.0 Å². The van der Waals surface area contributed by atoms with Crippen molar-refractivity contribution in [3.05, 3.63) is 30.3 Å². The highest BCUT2D eigenvalue weighted by atomic mass is 32.2. The van der Waals surface area contributed by atoms with Gasteiger partial charge in [-0.05, 0) is 33.0 Å². The van der Waals surface area contributed by atoms with Crippen LogP contribution < -0.4 is 4.74 Å². The topological polar surface area (TPSA) is 49.9 Å². The number of ether oxygens (including phenoxy) is 1. The van der Waals surface area contributed by atoms with Crippen LogP contribution in [0.3, 0.4) is 0 Å². The fraction of sp³-hybridized carbons (Fsp3) is 0.600. The van der Waals surface area contributed by atoms with Crippen molar-refractivity contribution in [3.63, 3.8) is 0 Å². The summed E-state index contributed by atoms with van der Waals surface area (Å²) in [4.78, 5) is 2.19. The highest BCUT2D eigenvalue weighted by Gasteiger charge is 2.36. The lowest BCUT2D eigenvalue weighted by Crippen LogP contribution is -2.59. The van der Waals surface area contributed by atoms with E-state index in [1.807, 2.05) is 37.4 Å². The maximum Gasteiger partial charge on any atom is 0.217 e. The van der Waals surface area contributed by atoms with Crippen molar-refractivity contribution < 1.29 is 13.2 Å². The Balaban J connectivity index is 1.90. The Morgan fingerprint density at radius 2 is 1.86 bits per heavy atom. The number of hydrogen-bond donors (Lipinski definition) is 0. The molecule has 0 spiro atoms. The third kappa shape index (κ3) is 4.18. The number of sulfonamides is 1. The van der Waals surface area contributed by atoms with Crippen LogP contribution in [0.5, 0.6) is 5.75 Å². The van der Waals surface area contributed by atoms with Gasteiger partial charge < -0.3 is 4.74 Å². The summed E-state index contributed by atoms with van der Waals surface area (Å²) in [6, 6.07) is 9.28.